The quantitative estimate of drug-likeness (QED) is 0.574. The molecule has 0 aromatic heterocycles. The Labute approximate surface area is 143 Å². The molecular weight excluding hydrogens is 325 g/mol. The minimum atomic E-state index is 0.451. The van der Waals surface area contributed by atoms with Gasteiger partial charge in [0.05, 0.1) is 20.8 Å². The fraction of sp³-hybridized carbons (Fsp3) is 0.647. The topological polar surface area (TPSA) is 12.0 Å². The van der Waals surface area contributed by atoms with E-state index in [2.05, 4.69) is 26.1 Å². The van der Waals surface area contributed by atoms with Crippen molar-refractivity contribution in [2.45, 2.75) is 58.9 Å². The summed E-state index contributed by atoms with van der Waals surface area (Å²) in [4.78, 5) is 0. The van der Waals surface area contributed by atoms with Crippen molar-refractivity contribution >= 4 is 40.5 Å². The van der Waals surface area contributed by atoms with Crippen LogP contribution >= 0.6 is 34.8 Å². The fourth-order valence-electron chi connectivity index (χ4n) is 3.16. The van der Waals surface area contributed by atoms with Crippen LogP contribution in [0.15, 0.2) is 12.1 Å². The van der Waals surface area contributed by atoms with Gasteiger partial charge in [0.2, 0.25) is 0 Å². The molecule has 1 aliphatic carbocycles. The van der Waals surface area contributed by atoms with E-state index in [0.717, 1.165) is 11.6 Å². The third-order valence-corrected chi connectivity index (χ3v) is 6.15. The van der Waals surface area contributed by atoms with Crippen LogP contribution in [0.2, 0.25) is 15.1 Å². The first kappa shape index (κ1) is 17.2. The number of hydrogen-bond donors (Lipinski definition) is 1. The summed E-state index contributed by atoms with van der Waals surface area (Å²) >= 11 is 18.3. The Morgan fingerprint density at radius 2 is 1.57 bits per heavy atom. The van der Waals surface area contributed by atoms with Gasteiger partial charge in [0.1, 0.15) is 0 Å². The number of benzene rings is 1. The van der Waals surface area contributed by atoms with E-state index in [1.165, 1.54) is 32.1 Å². The highest BCUT2D eigenvalue weighted by atomic mass is 35.5. The fourth-order valence-corrected chi connectivity index (χ4v) is 3.76. The van der Waals surface area contributed by atoms with E-state index in [1.807, 2.05) is 6.07 Å². The Morgan fingerprint density at radius 3 is 2.14 bits per heavy atom. The van der Waals surface area contributed by atoms with Crippen molar-refractivity contribution < 1.29 is 0 Å². The summed E-state index contributed by atoms with van der Waals surface area (Å²) in [6.07, 6.45) is 6.17. The number of halogens is 3. The van der Waals surface area contributed by atoms with Crippen molar-refractivity contribution in [1.29, 1.82) is 0 Å². The zero-order valence-corrected chi connectivity index (χ0v) is 15.2. The van der Waals surface area contributed by atoms with Gasteiger partial charge in [-0.05, 0) is 49.1 Å². The molecule has 0 amide bonds. The first-order valence-corrected chi connectivity index (χ1v) is 8.88. The monoisotopic (exact) mass is 347 g/mol. The Kier molecular flexibility index (Phi) is 5.73. The molecule has 1 aliphatic rings. The molecular formula is C17H24Cl3N. The molecule has 1 aromatic rings. The maximum absolute atomic E-state index is 6.24. The summed E-state index contributed by atoms with van der Waals surface area (Å²) in [6.45, 7) is 7.07. The van der Waals surface area contributed by atoms with E-state index in [-0.39, 0.29) is 0 Å². The van der Waals surface area contributed by atoms with Gasteiger partial charge in [-0.1, -0.05) is 62.0 Å². The minimum absolute atomic E-state index is 0.451. The Balaban J connectivity index is 1.97. The number of rotatable bonds is 4. The van der Waals surface area contributed by atoms with Crippen LogP contribution < -0.4 is 5.32 Å². The molecule has 0 bridgehead atoms. The smallest absolute Gasteiger partial charge is 0.0653 e. The summed E-state index contributed by atoms with van der Waals surface area (Å²) < 4.78 is 0. The highest BCUT2D eigenvalue weighted by molar-refractivity contribution is 6.44. The third-order valence-electron chi connectivity index (χ3n) is 5.11. The maximum Gasteiger partial charge on any atom is 0.0653 e. The molecule has 1 N–H and O–H groups in total. The van der Waals surface area contributed by atoms with Crippen LogP contribution in [0.4, 0.5) is 5.69 Å². The lowest BCUT2D eigenvalue weighted by Gasteiger charge is -2.39. The molecule has 0 radical (unpaired) electrons. The average molecular weight is 349 g/mol. The first-order chi connectivity index (χ1) is 9.83. The van der Waals surface area contributed by atoms with Gasteiger partial charge >= 0.3 is 0 Å². The average Bonchev–Trinajstić information content (AvgIpc) is 2.45. The lowest BCUT2D eigenvalue weighted by Crippen LogP contribution is -2.32. The van der Waals surface area contributed by atoms with Gasteiger partial charge in [-0.15, -0.1) is 0 Å². The molecule has 118 valence electrons. The third kappa shape index (κ3) is 4.21. The Bertz CT molecular complexity index is 491. The summed E-state index contributed by atoms with van der Waals surface area (Å²) in [5.74, 6) is 0.824. The second-order valence-electron chi connectivity index (χ2n) is 6.78. The van der Waals surface area contributed by atoms with E-state index in [1.54, 1.807) is 6.07 Å². The molecule has 2 rings (SSSR count). The highest BCUT2D eigenvalue weighted by Crippen LogP contribution is 2.41. The van der Waals surface area contributed by atoms with Gasteiger partial charge in [0, 0.05) is 6.04 Å². The second-order valence-corrected chi connectivity index (χ2v) is 8.00. The molecule has 0 unspecified atom stereocenters. The van der Waals surface area contributed by atoms with Crippen LogP contribution in [-0.2, 0) is 0 Å². The van der Waals surface area contributed by atoms with Gasteiger partial charge in [0.15, 0.2) is 0 Å². The molecule has 1 fully saturated rings. The molecule has 0 heterocycles. The van der Waals surface area contributed by atoms with Crippen LogP contribution in [-0.4, -0.2) is 6.04 Å². The van der Waals surface area contributed by atoms with Crippen molar-refractivity contribution in [2.75, 3.05) is 5.32 Å². The highest BCUT2D eigenvalue weighted by Gasteiger charge is 2.31. The van der Waals surface area contributed by atoms with Crippen molar-refractivity contribution in [1.82, 2.24) is 0 Å². The van der Waals surface area contributed by atoms with Gasteiger partial charge < -0.3 is 5.32 Å². The first-order valence-electron chi connectivity index (χ1n) is 7.74. The number of hydrogen-bond acceptors (Lipinski definition) is 1. The van der Waals surface area contributed by atoms with E-state index < -0.39 is 0 Å². The molecule has 1 saturated carbocycles. The van der Waals surface area contributed by atoms with Gasteiger partial charge in [0.25, 0.3) is 0 Å². The molecule has 0 saturated heterocycles. The normalized spacial score (nSPS) is 23.1. The standard InChI is InChI=1S/C17H24Cl3N/c1-4-17(2,3)11-5-7-12(8-6-11)21-16-10-14(19)13(18)9-15(16)20/h9-12,21H,4-8H2,1-3H3. The number of anilines is 1. The molecule has 0 aliphatic heterocycles. The molecule has 0 atom stereocenters. The largest absolute Gasteiger partial charge is 0.381 e. The minimum Gasteiger partial charge on any atom is -0.381 e. The summed E-state index contributed by atoms with van der Waals surface area (Å²) in [5, 5.41) is 5.22. The van der Waals surface area contributed by atoms with Crippen molar-refractivity contribution in [3.05, 3.63) is 27.2 Å². The van der Waals surface area contributed by atoms with Crippen molar-refractivity contribution in [3.8, 4) is 0 Å². The van der Waals surface area contributed by atoms with Gasteiger partial charge in [-0.25, -0.2) is 0 Å². The van der Waals surface area contributed by atoms with Crippen LogP contribution in [0.1, 0.15) is 52.9 Å². The zero-order chi connectivity index (χ0) is 15.6. The summed E-state index contributed by atoms with van der Waals surface area (Å²) in [6, 6.07) is 4.01. The maximum atomic E-state index is 6.24. The van der Waals surface area contributed by atoms with E-state index in [4.69, 9.17) is 34.8 Å². The molecule has 4 heteroatoms. The predicted molar refractivity (Wildman–Crippen MR) is 94.9 cm³/mol. The van der Waals surface area contributed by atoms with Crippen molar-refractivity contribution in [2.24, 2.45) is 11.3 Å². The van der Waals surface area contributed by atoms with Gasteiger partial charge in [-0.2, -0.15) is 0 Å². The lowest BCUT2D eigenvalue weighted by molar-refractivity contribution is 0.147. The SMILES string of the molecule is CCC(C)(C)C1CCC(Nc2cc(Cl)c(Cl)cc2Cl)CC1. The van der Waals surface area contributed by atoms with Crippen LogP contribution in [0.25, 0.3) is 0 Å². The second kappa shape index (κ2) is 6.98. The van der Waals surface area contributed by atoms with Crippen LogP contribution in [0.5, 0.6) is 0 Å². The predicted octanol–water partition coefficient (Wildman–Crippen LogP) is 7.05. The number of nitrogens with one attached hydrogen (secondary N) is 1. The Hall–Kier alpha value is -0.110. The van der Waals surface area contributed by atoms with Crippen LogP contribution in [0, 0.1) is 11.3 Å². The van der Waals surface area contributed by atoms with E-state index >= 15 is 0 Å². The van der Waals surface area contributed by atoms with E-state index in [0.29, 0.717) is 26.5 Å². The van der Waals surface area contributed by atoms with Crippen molar-refractivity contribution in [3.63, 3.8) is 0 Å². The summed E-state index contributed by atoms with van der Waals surface area (Å²) in [7, 11) is 0. The Morgan fingerprint density at radius 1 is 1.00 bits per heavy atom. The molecule has 1 aromatic carbocycles. The molecule has 0 spiro atoms. The van der Waals surface area contributed by atoms with Crippen LogP contribution in [0.3, 0.4) is 0 Å². The zero-order valence-electron chi connectivity index (χ0n) is 13.0. The van der Waals surface area contributed by atoms with E-state index in [9.17, 15) is 0 Å². The molecule has 1 nitrogen and oxygen atoms in total. The lowest BCUT2D eigenvalue weighted by atomic mass is 9.69. The summed E-state index contributed by atoms with van der Waals surface area (Å²) in [5.41, 5.74) is 1.34. The molecule has 21 heavy (non-hydrogen) atoms. The van der Waals surface area contributed by atoms with Gasteiger partial charge in [-0.3, -0.25) is 0 Å².